The molecule has 0 saturated heterocycles. The van der Waals surface area contributed by atoms with E-state index in [1.54, 1.807) is 0 Å². The Morgan fingerprint density at radius 2 is 2.00 bits per heavy atom. The van der Waals surface area contributed by atoms with Crippen LogP contribution in [-0.4, -0.2) is 17.9 Å². The molecule has 0 aromatic heterocycles. The van der Waals surface area contributed by atoms with Crippen LogP contribution in [0, 0.1) is 10.1 Å². The first-order valence-electron chi connectivity index (χ1n) is 4.88. The lowest BCUT2D eigenvalue weighted by Gasteiger charge is -2.14. The van der Waals surface area contributed by atoms with Crippen LogP contribution >= 0.6 is 0 Å². The van der Waals surface area contributed by atoms with Gasteiger partial charge in [0.2, 0.25) is 5.91 Å². The topological polar surface area (TPSA) is 81.5 Å². The standard InChI is InChI=1S/C10H9F3N2O4/c1-5(16)14-7-4-8(15(17)18)9(19-2)3-6(7)10(11,12)13/h3-4H,1-2H3,(H,14,16). The third kappa shape index (κ3) is 3.33. The fraction of sp³-hybridized carbons (Fsp3) is 0.300. The number of benzene rings is 1. The SMILES string of the molecule is COc1cc(C(F)(F)F)c(NC(C)=O)cc1[N+](=O)[O-]. The lowest BCUT2D eigenvalue weighted by Crippen LogP contribution is -2.14. The summed E-state index contributed by atoms with van der Waals surface area (Å²) in [5, 5.41) is 12.6. The highest BCUT2D eigenvalue weighted by molar-refractivity contribution is 5.90. The minimum absolute atomic E-state index is 0.476. The van der Waals surface area contributed by atoms with Gasteiger partial charge in [0, 0.05) is 19.1 Å². The number of hydrogen-bond donors (Lipinski definition) is 1. The zero-order valence-electron chi connectivity index (χ0n) is 9.87. The summed E-state index contributed by atoms with van der Waals surface area (Å²) < 4.78 is 42.9. The van der Waals surface area contributed by atoms with Crippen molar-refractivity contribution in [1.29, 1.82) is 0 Å². The molecule has 1 aromatic rings. The number of nitrogens with one attached hydrogen (secondary N) is 1. The fourth-order valence-corrected chi connectivity index (χ4v) is 1.40. The number of nitro groups is 1. The van der Waals surface area contributed by atoms with Crippen LogP contribution < -0.4 is 10.1 Å². The number of anilines is 1. The molecular formula is C10H9F3N2O4. The number of amides is 1. The third-order valence-electron chi connectivity index (χ3n) is 2.13. The fourth-order valence-electron chi connectivity index (χ4n) is 1.40. The summed E-state index contributed by atoms with van der Waals surface area (Å²) in [5.74, 6) is -1.31. The number of nitrogens with zero attached hydrogens (tertiary/aromatic N) is 1. The van der Waals surface area contributed by atoms with Crippen LogP contribution in [0.1, 0.15) is 12.5 Å². The molecule has 1 rings (SSSR count). The second-order valence-corrected chi connectivity index (χ2v) is 3.51. The van der Waals surface area contributed by atoms with Gasteiger partial charge in [-0.3, -0.25) is 14.9 Å². The Balaban J connectivity index is 3.52. The summed E-state index contributed by atoms with van der Waals surface area (Å²) in [6.45, 7) is 0.996. The Hall–Kier alpha value is -2.32. The van der Waals surface area contributed by atoms with E-state index in [4.69, 9.17) is 0 Å². The first kappa shape index (κ1) is 14.7. The second kappa shape index (κ2) is 5.12. The van der Waals surface area contributed by atoms with E-state index in [-0.39, 0.29) is 0 Å². The van der Waals surface area contributed by atoms with E-state index in [0.29, 0.717) is 12.1 Å². The molecule has 1 N–H and O–H groups in total. The largest absolute Gasteiger partial charge is 0.490 e. The molecule has 0 aliphatic carbocycles. The van der Waals surface area contributed by atoms with Crippen molar-refractivity contribution in [3.8, 4) is 5.75 Å². The van der Waals surface area contributed by atoms with Gasteiger partial charge >= 0.3 is 11.9 Å². The number of rotatable bonds is 3. The molecule has 0 atom stereocenters. The van der Waals surface area contributed by atoms with Crippen molar-refractivity contribution in [2.24, 2.45) is 0 Å². The van der Waals surface area contributed by atoms with Crippen molar-refractivity contribution in [2.75, 3.05) is 12.4 Å². The molecule has 0 radical (unpaired) electrons. The van der Waals surface area contributed by atoms with E-state index >= 15 is 0 Å². The molecule has 19 heavy (non-hydrogen) atoms. The Morgan fingerprint density at radius 3 is 2.37 bits per heavy atom. The van der Waals surface area contributed by atoms with Gasteiger partial charge in [0.1, 0.15) is 0 Å². The Morgan fingerprint density at radius 1 is 1.42 bits per heavy atom. The molecular weight excluding hydrogens is 269 g/mol. The number of halogens is 3. The smallest absolute Gasteiger partial charge is 0.418 e. The van der Waals surface area contributed by atoms with Crippen molar-refractivity contribution in [3.63, 3.8) is 0 Å². The number of carbonyl (C=O) groups is 1. The van der Waals surface area contributed by atoms with Crippen LogP contribution in [0.15, 0.2) is 12.1 Å². The van der Waals surface area contributed by atoms with E-state index in [0.717, 1.165) is 14.0 Å². The molecule has 0 saturated carbocycles. The van der Waals surface area contributed by atoms with Crippen LogP contribution in [0.25, 0.3) is 0 Å². The maximum Gasteiger partial charge on any atom is 0.418 e. The molecule has 0 bridgehead atoms. The maximum absolute atomic E-state index is 12.8. The molecule has 9 heteroatoms. The van der Waals surface area contributed by atoms with Gasteiger partial charge in [-0.15, -0.1) is 0 Å². The van der Waals surface area contributed by atoms with Crippen molar-refractivity contribution >= 4 is 17.3 Å². The summed E-state index contributed by atoms with van der Waals surface area (Å²) in [6, 6.07) is 1.09. The number of nitro benzene ring substituents is 1. The number of hydrogen-bond acceptors (Lipinski definition) is 4. The summed E-state index contributed by atoms with van der Waals surface area (Å²) in [6.07, 6.45) is -4.78. The molecule has 6 nitrogen and oxygen atoms in total. The monoisotopic (exact) mass is 278 g/mol. The summed E-state index contributed by atoms with van der Waals surface area (Å²) in [7, 11) is 1.01. The average Bonchev–Trinajstić information content (AvgIpc) is 2.25. The van der Waals surface area contributed by atoms with Gasteiger partial charge in [-0.2, -0.15) is 13.2 Å². The van der Waals surface area contributed by atoms with E-state index in [2.05, 4.69) is 4.74 Å². The van der Waals surface area contributed by atoms with E-state index < -0.39 is 39.7 Å². The van der Waals surface area contributed by atoms with Crippen molar-refractivity contribution < 1.29 is 27.6 Å². The highest BCUT2D eigenvalue weighted by atomic mass is 19.4. The Kier molecular flexibility index (Phi) is 3.98. The first-order chi connectivity index (χ1) is 8.66. The molecule has 0 fully saturated rings. The minimum atomic E-state index is -4.78. The van der Waals surface area contributed by atoms with E-state index in [1.807, 2.05) is 5.32 Å². The lowest BCUT2D eigenvalue weighted by molar-refractivity contribution is -0.385. The van der Waals surface area contributed by atoms with Crippen molar-refractivity contribution in [1.82, 2.24) is 0 Å². The molecule has 0 aliphatic rings. The summed E-state index contributed by atoms with van der Waals surface area (Å²) in [5.41, 5.74) is -2.57. The van der Waals surface area contributed by atoms with Crippen molar-refractivity contribution in [2.45, 2.75) is 13.1 Å². The minimum Gasteiger partial charge on any atom is -0.490 e. The van der Waals surface area contributed by atoms with Crippen LogP contribution in [0.2, 0.25) is 0 Å². The van der Waals surface area contributed by atoms with Gasteiger partial charge in [-0.1, -0.05) is 0 Å². The zero-order valence-corrected chi connectivity index (χ0v) is 9.87. The maximum atomic E-state index is 12.8. The number of alkyl halides is 3. The van der Waals surface area contributed by atoms with Crippen LogP contribution in [-0.2, 0) is 11.0 Å². The molecule has 104 valence electrons. The predicted octanol–water partition coefficient (Wildman–Crippen LogP) is 2.58. The predicted molar refractivity (Wildman–Crippen MR) is 59.0 cm³/mol. The molecule has 0 aliphatic heterocycles. The van der Waals surface area contributed by atoms with Gasteiger partial charge in [0.25, 0.3) is 0 Å². The van der Waals surface area contributed by atoms with Crippen LogP contribution in [0.5, 0.6) is 5.75 Å². The number of ether oxygens (including phenoxy) is 1. The molecule has 0 heterocycles. The normalized spacial score (nSPS) is 11.0. The van der Waals surface area contributed by atoms with E-state index in [9.17, 15) is 28.1 Å². The lowest BCUT2D eigenvalue weighted by atomic mass is 10.1. The molecule has 0 unspecified atom stereocenters. The zero-order chi connectivity index (χ0) is 14.8. The van der Waals surface area contributed by atoms with Gasteiger partial charge in [-0.25, -0.2) is 0 Å². The number of methoxy groups -OCH3 is 1. The van der Waals surface area contributed by atoms with Gasteiger partial charge in [-0.05, 0) is 0 Å². The van der Waals surface area contributed by atoms with Gasteiger partial charge in [0.05, 0.1) is 23.3 Å². The van der Waals surface area contributed by atoms with Gasteiger partial charge in [0.15, 0.2) is 5.75 Å². The highest BCUT2D eigenvalue weighted by Crippen LogP contribution is 2.41. The Labute approximate surface area is 105 Å². The third-order valence-corrected chi connectivity index (χ3v) is 2.13. The molecule has 0 spiro atoms. The van der Waals surface area contributed by atoms with E-state index in [1.165, 1.54) is 0 Å². The van der Waals surface area contributed by atoms with Crippen LogP contribution in [0.3, 0.4) is 0 Å². The Bertz CT molecular complexity index is 528. The second-order valence-electron chi connectivity index (χ2n) is 3.51. The first-order valence-corrected chi connectivity index (χ1v) is 4.88. The van der Waals surface area contributed by atoms with Crippen LogP contribution in [0.4, 0.5) is 24.5 Å². The van der Waals surface area contributed by atoms with Crippen molar-refractivity contribution in [3.05, 3.63) is 27.8 Å². The number of carbonyl (C=O) groups excluding carboxylic acids is 1. The highest BCUT2D eigenvalue weighted by Gasteiger charge is 2.36. The molecule has 1 aromatic carbocycles. The molecule has 1 amide bonds. The quantitative estimate of drug-likeness (QED) is 0.680. The summed E-state index contributed by atoms with van der Waals surface area (Å²) in [4.78, 5) is 20.7. The average molecular weight is 278 g/mol. The summed E-state index contributed by atoms with van der Waals surface area (Å²) >= 11 is 0. The van der Waals surface area contributed by atoms with Gasteiger partial charge < -0.3 is 10.1 Å².